The normalized spacial score (nSPS) is 10.1. The molecule has 2 aromatic rings. The van der Waals surface area contributed by atoms with Crippen LogP contribution in [0.5, 0.6) is 11.5 Å². The minimum Gasteiger partial charge on any atom is -0.493 e. The lowest BCUT2D eigenvalue weighted by Gasteiger charge is -2.12. The molecule has 0 bridgehead atoms. The average Bonchev–Trinajstić information content (AvgIpc) is 2.62. The lowest BCUT2D eigenvalue weighted by atomic mass is 10.1. The van der Waals surface area contributed by atoms with E-state index in [1.807, 2.05) is 32.0 Å². The van der Waals surface area contributed by atoms with Crippen LogP contribution in [-0.2, 0) is 4.79 Å². The van der Waals surface area contributed by atoms with Crippen LogP contribution in [0.1, 0.15) is 21.5 Å². The molecule has 2 N–H and O–H groups in total. The van der Waals surface area contributed by atoms with Crippen LogP contribution in [0.25, 0.3) is 0 Å². The van der Waals surface area contributed by atoms with Crippen LogP contribution in [0.2, 0.25) is 0 Å². The topological polar surface area (TPSA) is 76.7 Å². The van der Waals surface area contributed by atoms with Gasteiger partial charge >= 0.3 is 0 Å². The summed E-state index contributed by atoms with van der Waals surface area (Å²) in [4.78, 5) is 24.3. The number of carbonyl (C=O) groups excluding carboxylic acids is 2. The summed E-state index contributed by atoms with van der Waals surface area (Å²) >= 11 is 0. The highest BCUT2D eigenvalue weighted by Gasteiger charge is 2.12. The van der Waals surface area contributed by atoms with Crippen molar-refractivity contribution in [3.05, 3.63) is 53.1 Å². The van der Waals surface area contributed by atoms with Crippen molar-refractivity contribution >= 4 is 17.5 Å². The number of nitrogens with one attached hydrogen (secondary N) is 2. The molecule has 0 fully saturated rings. The van der Waals surface area contributed by atoms with Gasteiger partial charge in [-0.1, -0.05) is 12.1 Å². The highest BCUT2D eigenvalue weighted by Crippen LogP contribution is 2.27. The molecule has 0 spiro atoms. The molecule has 0 unspecified atom stereocenters. The lowest BCUT2D eigenvalue weighted by Crippen LogP contribution is -2.33. The molecule has 132 valence electrons. The Morgan fingerprint density at radius 3 is 2.40 bits per heavy atom. The van der Waals surface area contributed by atoms with Gasteiger partial charge in [-0.05, 0) is 49.2 Å². The second kappa shape index (κ2) is 8.19. The van der Waals surface area contributed by atoms with Gasteiger partial charge in [0.05, 0.1) is 20.8 Å². The fraction of sp³-hybridized carbons (Fsp3) is 0.263. The van der Waals surface area contributed by atoms with Gasteiger partial charge in [-0.3, -0.25) is 9.59 Å². The Bertz CT molecular complexity index is 787. The summed E-state index contributed by atoms with van der Waals surface area (Å²) in [5.74, 6) is 0.335. The minimum atomic E-state index is -0.364. The van der Waals surface area contributed by atoms with Gasteiger partial charge in [0.25, 0.3) is 5.91 Å². The van der Waals surface area contributed by atoms with E-state index in [0.29, 0.717) is 17.1 Å². The standard InChI is InChI=1S/C19H22N2O4/c1-12-6-5-7-15(13(12)2)21-18(22)11-20-19(23)14-8-9-16(24-3)17(10-14)25-4/h5-10H,11H2,1-4H3,(H,20,23)(H,21,22). The summed E-state index contributed by atoms with van der Waals surface area (Å²) in [6, 6.07) is 10.5. The number of anilines is 1. The molecular formula is C19H22N2O4. The lowest BCUT2D eigenvalue weighted by molar-refractivity contribution is -0.115. The van der Waals surface area contributed by atoms with E-state index in [1.165, 1.54) is 14.2 Å². The smallest absolute Gasteiger partial charge is 0.251 e. The first kappa shape index (κ1) is 18.3. The molecule has 0 aromatic heterocycles. The molecule has 0 saturated heterocycles. The van der Waals surface area contributed by atoms with E-state index in [9.17, 15) is 9.59 Å². The van der Waals surface area contributed by atoms with Gasteiger partial charge in [-0.25, -0.2) is 0 Å². The van der Waals surface area contributed by atoms with Crippen LogP contribution in [-0.4, -0.2) is 32.6 Å². The maximum absolute atomic E-state index is 12.2. The van der Waals surface area contributed by atoms with Crippen LogP contribution in [0.3, 0.4) is 0 Å². The summed E-state index contributed by atoms with van der Waals surface area (Å²) < 4.78 is 10.3. The van der Waals surface area contributed by atoms with Crippen molar-refractivity contribution in [1.29, 1.82) is 0 Å². The number of methoxy groups -OCH3 is 2. The molecule has 2 aromatic carbocycles. The Morgan fingerprint density at radius 1 is 1.00 bits per heavy atom. The fourth-order valence-electron chi connectivity index (χ4n) is 2.32. The number of ether oxygens (including phenoxy) is 2. The number of rotatable bonds is 6. The maximum Gasteiger partial charge on any atom is 0.251 e. The third-order valence-electron chi connectivity index (χ3n) is 3.93. The van der Waals surface area contributed by atoms with Crippen molar-refractivity contribution < 1.29 is 19.1 Å². The number of benzene rings is 2. The largest absolute Gasteiger partial charge is 0.493 e. The summed E-state index contributed by atoms with van der Waals surface area (Å²) in [5, 5.41) is 5.39. The molecule has 6 nitrogen and oxygen atoms in total. The predicted octanol–water partition coefficient (Wildman–Crippen LogP) is 2.69. The number of amides is 2. The minimum absolute atomic E-state index is 0.124. The molecule has 0 aliphatic heterocycles. The van der Waals surface area contributed by atoms with Gasteiger partial charge < -0.3 is 20.1 Å². The van der Waals surface area contributed by atoms with Crippen molar-refractivity contribution in [2.75, 3.05) is 26.1 Å². The summed E-state index contributed by atoms with van der Waals surface area (Å²) in [5.41, 5.74) is 3.22. The number of carbonyl (C=O) groups is 2. The molecule has 0 atom stereocenters. The third-order valence-corrected chi connectivity index (χ3v) is 3.93. The van der Waals surface area contributed by atoms with E-state index < -0.39 is 0 Å². The Balaban J connectivity index is 1.97. The van der Waals surface area contributed by atoms with Crippen LogP contribution in [0.4, 0.5) is 5.69 Å². The van der Waals surface area contributed by atoms with Crippen molar-refractivity contribution in [2.24, 2.45) is 0 Å². The second-order valence-electron chi connectivity index (χ2n) is 5.55. The molecular weight excluding hydrogens is 320 g/mol. The molecule has 25 heavy (non-hydrogen) atoms. The van der Waals surface area contributed by atoms with E-state index in [2.05, 4.69) is 10.6 Å². The van der Waals surface area contributed by atoms with E-state index in [0.717, 1.165) is 16.8 Å². The fourth-order valence-corrected chi connectivity index (χ4v) is 2.32. The summed E-state index contributed by atoms with van der Waals surface area (Å²) in [6.07, 6.45) is 0. The zero-order valence-electron chi connectivity index (χ0n) is 14.8. The highest BCUT2D eigenvalue weighted by atomic mass is 16.5. The van der Waals surface area contributed by atoms with Gasteiger partial charge in [0, 0.05) is 11.3 Å². The highest BCUT2D eigenvalue weighted by molar-refractivity contribution is 5.99. The molecule has 2 rings (SSSR count). The van der Waals surface area contributed by atoms with Crippen molar-refractivity contribution in [1.82, 2.24) is 5.32 Å². The van der Waals surface area contributed by atoms with Crippen molar-refractivity contribution in [2.45, 2.75) is 13.8 Å². The molecule has 0 aliphatic rings. The Morgan fingerprint density at radius 2 is 1.72 bits per heavy atom. The van der Waals surface area contributed by atoms with E-state index in [4.69, 9.17) is 9.47 Å². The zero-order valence-corrected chi connectivity index (χ0v) is 14.8. The first-order chi connectivity index (χ1) is 12.0. The number of aryl methyl sites for hydroxylation is 1. The SMILES string of the molecule is COc1ccc(C(=O)NCC(=O)Nc2cccc(C)c2C)cc1OC. The van der Waals surface area contributed by atoms with Gasteiger partial charge in [-0.2, -0.15) is 0 Å². The van der Waals surface area contributed by atoms with E-state index in [-0.39, 0.29) is 18.4 Å². The molecule has 2 amide bonds. The van der Waals surface area contributed by atoms with E-state index >= 15 is 0 Å². The van der Waals surface area contributed by atoms with Gasteiger partial charge in [-0.15, -0.1) is 0 Å². The number of hydrogen-bond donors (Lipinski definition) is 2. The monoisotopic (exact) mass is 342 g/mol. The third kappa shape index (κ3) is 4.50. The van der Waals surface area contributed by atoms with Crippen molar-refractivity contribution in [3.63, 3.8) is 0 Å². The molecule has 0 saturated carbocycles. The summed E-state index contributed by atoms with van der Waals surface area (Å²) in [6.45, 7) is 3.79. The predicted molar refractivity (Wildman–Crippen MR) is 96.4 cm³/mol. The maximum atomic E-state index is 12.2. The Labute approximate surface area is 147 Å². The summed E-state index contributed by atoms with van der Waals surface area (Å²) in [7, 11) is 3.02. The van der Waals surface area contributed by atoms with Gasteiger partial charge in [0.2, 0.25) is 5.91 Å². The first-order valence-electron chi connectivity index (χ1n) is 7.82. The quantitative estimate of drug-likeness (QED) is 0.846. The Kier molecular flexibility index (Phi) is 6.00. The molecule has 0 aliphatic carbocycles. The van der Waals surface area contributed by atoms with Gasteiger partial charge in [0.15, 0.2) is 11.5 Å². The second-order valence-corrected chi connectivity index (χ2v) is 5.55. The molecule has 0 heterocycles. The van der Waals surface area contributed by atoms with E-state index in [1.54, 1.807) is 18.2 Å². The molecule has 0 radical (unpaired) electrons. The van der Waals surface area contributed by atoms with Crippen LogP contribution in [0.15, 0.2) is 36.4 Å². The molecule has 6 heteroatoms. The zero-order chi connectivity index (χ0) is 18.4. The van der Waals surface area contributed by atoms with Gasteiger partial charge in [0.1, 0.15) is 0 Å². The Hall–Kier alpha value is -3.02. The van der Waals surface area contributed by atoms with Crippen LogP contribution < -0.4 is 20.1 Å². The average molecular weight is 342 g/mol. The van der Waals surface area contributed by atoms with Crippen molar-refractivity contribution in [3.8, 4) is 11.5 Å². The first-order valence-corrected chi connectivity index (χ1v) is 7.82. The number of hydrogen-bond acceptors (Lipinski definition) is 4. The van der Waals surface area contributed by atoms with Crippen LogP contribution >= 0.6 is 0 Å². The van der Waals surface area contributed by atoms with Crippen LogP contribution in [0, 0.1) is 13.8 Å².